The molecule has 2 aliphatic rings. The first kappa shape index (κ1) is 15.1. The molecule has 1 aromatic rings. The molecule has 2 aliphatic heterocycles. The molecule has 0 unspecified atom stereocenters. The number of rotatable bonds is 3. The first-order valence-electron chi connectivity index (χ1n) is 7.29. The zero-order valence-electron chi connectivity index (χ0n) is 12.1. The molecule has 0 aromatic heterocycles. The lowest BCUT2D eigenvalue weighted by Gasteiger charge is -2.38. The van der Waals surface area contributed by atoms with E-state index in [1.807, 2.05) is 17.8 Å². The summed E-state index contributed by atoms with van der Waals surface area (Å²) in [5, 5.41) is 23.3. The molecule has 7 heteroatoms. The van der Waals surface area contributed by atoms with Gasteiger partial charge in [0.25, 0.3) is 5.69 Å². The molecule has 0 bridgehead atoms. The summed E-state index contributed by atoms with van der Waals surface area (Å²) in [5.74, 6) is 2.18. The van der Waals surface area contributed by atoms with E-state index >= 15 is 0 Å². The second-order valence-electron chi connectivity index (χ2n) is 5.77. The standard InChI is InChI=1S/C15H17N3O3S/c16-9-11-7-12(1-2-14(11)18(19)20)17-13-3-5-21-15(8-13)4-6-22-10-15/h1-2,7,13,17H,3-6,8,10H2/t13-,15-/m0/s1. The third-order valence-corrected chi connectivity index (χ3v) is 5.47. The number of hydrogen-bond donors (Lipinski definition) is 1. The molecular formula is C15H17N3O3S. The molecule has 22 heavy (non-hydrogen) atoms. The van der Waals surface area contributed by atoms with Crippen molar-refractivity contribution in [1.29, 1.82) is 5.26 Å². The molecule has 0 saturated carbocycles. The molecule has 0 radical (unpaired) electrons. The van der Waals surface area contributed by atoms with Crippen LogP contribution in [0.4, 0.5) is 11.4 Å². The molecular weight excluding hydrogens is 302 g/mol. The van der Waals surface area contributed by atoms with Crippen molar-refractivity contribution in [2.45, 2.75) is 30.9 Å². The monoisotopic (exact) mass is 319 g/mol. The average Bonchev–Trinajstić information content (AvgIpc) is 2.94. The predicted octanol–water partition coefficient (Wildman–Crippen LogP) is 2.93. The Labute approximate surface area is 133 Å². The molecule has 0 aliphatic carbocycles. The summed E-state index contributed by atoms with van der Waals surface area (Å²) in [6, 6.07) is 6.79. The van der Waals surface area contributed by atoms with Gasteiger partial charge in [0.15, 0.2) is 0 Å². The number of nitriles is 1. The van der Waals surface area contributed by atoms with Crippen LogP contribution in [0.25, 0.3) is 0 Å². The van der Waals surface area contributed by atoms with Gasteiger partial charge in [-0.15, -0.1) is 0 Å². The number of hydrogen-bond acceptors (Lipinski definition) is 6. The van der Waals surface area contributed by atoms with Crippen LogP contribution in [0.1, 0.15) is 24.8 Å². The fourth-order valence-electron chi connectivity index (χ4n) is 3.12. The van der Waals surface area contributed by atoms with Crippen LogP contribution in [-0.4, -0.2) is 34.7 Å². The molecule has 116 valence electrons. The smallest absolute Gasteiger partial charge is 0.287 e. The third-order valence-electron chi connectivity index (χ3n) is 4.24. The van der Waals surface area contributed by atoms with Crippen LogP contribution in [0.15, 0.2) is 18.2 Å². The van der Waals surface area contributed by atoms with Crippen molar-refractivity contribution in [3.05, 3.63) is 33.9 Å². The van der Waals surface area contributed by atoms with Gasteiger partial charge < -0.3 is 10.1 Å². The van der Waals surface area contributed by atoms with Crippen molar-refractivity contribution in [1.82, 2.24) is 0 Å². The van der Waals surface area contributed by atoms with Crippen molar-refractivity contribution >= 4 is 23.1 Å². The van der Waals surface area contributed by atoms with Gasteiger partial charge in [-0.2, -0.15) is 17.0 Å². The van der Waals surface area contributed by atoms with Crippen LogP contribution in [0, 0.1) is 21.4 Å². The summed E-state index contributed by atoms with van der Waals surface area (Å²) in [6.45, 7) is 0.732. The van der Waals surface area contributed by atoms with E-state index in [-0.39, 0.29) is 22.9 Å². The minimum atomic E-state index is -0.526. The topological polar surface area (TPSA) is 88.2 Å². The van der Waals surface area contributed by atoms with Gasteiger partial charge in [0.05, 0.1) is 10.5 Å². The largest absolute Gasteiger partial charge is 0.382 e. The summed E-state index contributed by atoms with van der Waals surface area (Å²) in [7, 11) is 0. The van der Waals surface area contributed by atoms with Crippen LogP contribution in [-0.2, 0) is 4.74 Å². The van der Waals surface area contributed by atoms with Crippen LogP contribution >= 0.6 is 11.8 Å². The van der Waals surface area contributed by atoms with E-state index < -0.39 is 4.92 Å². The van der Waals surface area contributed by atoms with E-state index in [0.29, 0.717) is 0 Å². The average molecular weight is 319 g/mol. The highest BCUT2D eigenvalue weighted by molar-refractivity contribution is 7.99. The Bertz CT molecular complexity index is 623. The number of benzene rings is 1. The van der Waals surface area contributed by atoms with Crippen LogP contribution in [0.3, 0.4) is 0 Å². The summed E-state index contributed by atoms with van der Waals surface area (Å²) < 4.78 is 5.99. The van der Waals surface area contributed by atoms with E-state index in [4.69, 9.17) is 10.00 Å². The molecule has 1 spiro atoms. The number of nitro groups is 1. The Morgan fingerprint density at radius 3 is 3.09 bits per heavy atom. The van der Waals surface area contributed by atoms with Crippen molar-refractivity contribution < 1.29 is 9.66 Å². The van der Waals surface area contributed by atoms with Gasteiger partial charge in [-0.05, 0) is 37.1 Å². The Morgan fingerprint density at radius 2 is 2.41 bits per heavy atom. The zero-order chi connectivity index (χ0) is 15.6. The summed E-state index contributed by atoms with van der Waals surface area (Å²) in [4.78, 5) is 10.3. The number of nitrogens with zero attached hydrogens (tertiary/aromatic N) is 2. The first-order valence-corrected chi connectivity index (χ1v) is 8.44. The van der Waals surface area contributed by atoms with E-state index in [2.05, 4.69) is 5.32 Å². The second kappa shape index (κ2) is 6.15. The minimum absolute atomic E-state index is 0.0145. The number of nitro benzene ring substituents is 1. The van der Waals surface area contributed by atoms with Crippen molar-refractivity contribution in [3.8, 4) is 6.07 Å². The summed E-state index contributed by atoms with van der Waals surface area (Å²) in [6.07, 6.45) is 2.93. The molecule has 2 heterocycles. The van der Waals surface area contributed by atoms with Gasteiger partial charge in [-0.25, -0.2) is 0 Å². The van der Waals surface area contributed by atoms with Gasteiger partial charge in [0, 0.05) is 30.2 Å². The van der Waals surface area contributed by atoms with Gasteiger partial charge in [0.2, 0.25) is 0 Å². The third kappa shape index (κ3) is 3.03. The van der Waals surface area contributed by atoms with Crippen molar-refractivity contribution in [3.63, 3.8) is 0 Å². The Kier molecular flexibility index (Phi) is 4.23. The number of anilines is 1. The predicted molar refractivity (Wildman–Crippen MR) is 85.1 cm³/mol. The fourth-order valence-corrected chi connectivity index (χ4v) is 4.50. The Hall–Kier alpha value is -1.78. The van der Waals surface area contributed by atoms with E-state index in [1.165, 1.54) is 6.07 Å². The lowest BCUT2D eigenvalue weighted by Crippen LogP contribution is -2.44. The lowest BCUT2D eigenvalue weighted by molar-refractivity contribution is -0.385. The fraction of sp³-hybridized carbons (Fsp3) is 0.533. The second-order valence-corrected chi connectivity index (χ2v) is 6.87. The maximum atomic E-state index is 10.9. The molecule has 2 fully saturated rings. The molecule has 0 amide bonds. The Balaban J connectivity index is 1.73. The number of thioether (sulfide) groups is 1. The van der Waals surface area contributed by atoms with Crippen molar-refractivity contribution in [2.24, 2.45) is 0 Å². The summed E-state index contributed by atoms with van der Waals surface area (Å²) >= 11 is 1.93. The van der Waals surface area contributed by atoms with E-state index in [9.17, 15) is 10.1 Å². The summed E-state index contributed by atoms with van der Waals surface area (Å²) in [5.41, 5.74) is 0.686. The van der Waals surface area contributed by atoms with Gasteiger partial charge in [-0.3, -0.25) is 10.1 Å². The van der Waals surface area contributed by atoms with E-state index in [1.54, 1.807) is 12.1 Å². The molecule has 2 saturated heterocycles. The van der Waals surface area contributed by atoms with Crippen LogP contribution in [0.2, 0.25) is 0 Å². The number of ether oxygens (including phenoxy) is 1. The maximum Gasteiger partial charge on any atom is 0.287 e. The van der Waals surface area contributed by atoms with Crippen molar-refractivity contribution in [2.75, 3.05) is 23.4 Å². The molecule has 1 N–H and O–H groups in total. The van der Waals surface area contributed by atoms with Gasteiger partial charge in [-0.1, -0.05) is 0 Å². The molecule has 3 rings (SSSR count). The molecule has 6 nitrogen and oxygen atoms in total. The zero-order valence-corrected chi connectivity index (χ0v) is 12.9. The normalized spacial score (nSPS) is 27.5. The highest BCUT2D eigenvalue weighted by Gasteiger charge is 2.40. The van der Waals surface area contributed by atoms with Crippen LogP contribution < -0.4 is 5.32 Å². The Morgan fingerprint density at radius 1 is 1.55 bits per heavy atom. The quantitative estimate of drug-likeness (QED) is 0.680. The highest BCUT2D eigenvalue weighted by atomic mass is 32.2. The van der Waals surface area contributed by atoms with Crippen LogP contribution in [0.5, 0.6) is 0 Å². The lowest BCUT2D eigenvalue weighted by atomic mass is 9.89. The SMILES string of the molecule is N#Cc1cc(N[C@H]2CCO[C@@]3(CCSC3)C2)ccc1[N+](=O)[O-]. The number of nitrogens with one attached hydrogen (secondary N) is 1. The van der Waals surface area contributed by atoms with E-state index in [0.717, 1.165) is 43.1 Å². The molecule has 1 aromatic carbocycles. The minimum Gasteiger partial charge on any atom is -0.382 e. The molecule has 2 atom stereocenters. The first-order chi connectivity index (χ1) is 10.6. The van der Waals surface area contributed by atoms with Gasteiger partial charge >= 0.3 is 0 Å². The van der Waals surface area contributed by atoms with Gasteiger partial charge in [0.1, 0.15) is 11.6 Å². The highest BCUT2D eigenvalue weighted by Crippen LogP contribution is 2.39. The maximum absolute atomic E-state index is 10.9.